The van der Waals surface area contributed by atoms with Gasteiger partial charge in [-0.3, -0.25) is 4.90 Å². The Kier molecular flexibility index (Phi) is 5.60. The van der Waals surface area contributed by atoms with Crippen molar-refractivity contribution in [2.24, 2.45) is 5.73 Å². The first-order valence-electron chi connectivity index (χ1n) is 7.36. The summed E-state index contributed by atoms with van der Waals surface area (Å²) in [6.45, 7) is 3.75. The number of nitrogens with zero attached hydrogens (tertiary/aromatic N) is 2. The molecule has 0 radical (unpaired) electrons. The van der Waals surface area contributed by atoms with Crippen LogP contribution in [0.1, 0.15) is 24.0 Å². The summed E-state index contributed by atoms with van der Waals surface area (Å²) in [5.74, 6) is 6.14. The molecule has 0 bridgehead atoms. The molecule has 2 N–H and O–H groups in total. The molecular weight excluding hydrogens is 246 g/mol. The van der Waals surface area contributed by atoms with Crippen LogP contribution < -0.4 is 5.73 Å². The van der Waals surface area contributed by atoms with E-state index in [1.165, 1.54) is 31.5 Å². The SMILES string of the molecule is CN(C)C1CCN(Cc2ccccc2C#CCN)CC1. The lowest BCUT2D eigenvalue weighted by Gasteiger charge is -2.35. The molecule has 0 amide bonds. The van der Waals surface area contributed by atoms with E-state index in [1.807, 2.05) is 6.07 Å². The molecule has 0 aliphatic carbocycles. The zero-order valence-electron chi connectivity index (χ0n) is 12.6. The van der Waals surface area contributed by atoms with Crippen LogP contribution in [-0.4, -0.2) is 49.6 Å². The van der Waals surface area contributed by atoms with E-state index in [4.69, 9.17) is 5.73 Å². The first kappa shape index (κ1) is 15.1. The topological polar surface area (TPSA) is 32.5 Å². The number of benzene rings is 1. The largest absolute Gasteiger partial charge is 0.320 e. The summed E-state index contributed by atoms with van der Waals surface area (Å²) >= 11 is 0. The molecule has 0 unspecified atom stereocenters. The molecule has 20 heavy (non-hydrogen) atoms. The van der Waals surface area contributed by atoms with Crippen LogP contribution in [0.25, 0.3) is 0 Å². The van der Waals surface area contributed by atoms with E-state index in [0.29, 0.717) is 6.54 Å². The Balaban J connectivity index is 1.98. The molecule has 0 saturated carbocycles. The van der Waals surface area contributed by atoms with Crippen molar-refractivity contribution in [1.82, 2.24) is 9.80 Å². The predicted molar refractivity (Wildman–Crippen MR) is 84.4 cm³/mol. The second-order valence-electron chi connectivity index (χ2n) is 5.63. The molecule has 1 heterocycles. The lowest BCUT2D eigenvalue weighted by Crippen LogP contribution is -2.41. The fourth-order valence-electron chi connectivity index (χ4n) is 2.76. The van der Waals surface area contributed by atoms with Gasteiger partial charge < -0.3 is 10.6 Å². The average molecular weight is 271 g/mol. The van der Waals surface area contributed by atoms with Crippen molar-refractivity contribution in [1.29, 1.82) is 0 Å². The second kappa shape index (κ2) is 7.44. The average Bonchev–Trinajstić information content (AvgIpc) is 2.47. The van der Waals surface area contributed by atoms with E-state index >= 15 is 0 Å². The molecule has 1 aliphatic heterocycles. The Morgan fingerprint density at radius 3 is 2.60 bits per heavy atom. The second-order valence-corrected chi connectivity index (χ2v) is 5.63. The molecule has 1 aromatic carbocycles. The molecule has 2 rings (SSSR count). The quantitative estimate of drug-likeness (QED) is 0.846. The molecule has 3 heteroatoms. The van der Waals surface area contributed by atoms with E-state index in [9.17, 15) is 0 Å². The minimum absolute atomic E-state index is 0.419. The van der Waals surface area contributed by atoms with Gasteiger partial charge in [0.05, 0.1) is 6.54 Å². The van der Waals surface area contributed by atoms with Crippen LogP contribution in [0.5, 0.6) is 0 Å². The summed E-state index contributed by atoms with van der Waals surface area (Å²) in [5, 5.41) is 0. The van der Waals surface area contributed by atoms with Gasteiger partial charge in [-0.05, 0) is 51.7 Å². The monoisotopic (exact) mass is 271 g/mol. The third-order valence-corrected chi connectivity index (χ3v) is 4.02. The van der Waals surface area contributed by atoms with E-state index in [0.717, 1.165) is 18.2 Å². The Morgan fingerprint density at radius 2 is 1.95 bits per heavy atom. The summed E-state index contributed by atoms with van der Waals surface area (Å²) in [5.41, 5.74) is 7.90. The van der Waals surface area contributed by atoms with Crippen LogP contribution in [0.4, 0.5) is 0 Å². The maximum absolute atomic E-state index is 5.47. The maximum atomic E-state index is 5.47. The number of nitrogens with two attached hydrogens (primary N) is 1. The maximum Gasteiger partial charge on any atom is 0.0555 e. The Hall–Kier alpha value is -1.34. The summed E-state index contributed by atoms with van der Waals surface area (Å²) in [7, 11) is 4.36. The third-order valence-electron chi connectivity index (χ3n) is 4.02. The number of rotatable bonds is 3. The highest BCUT2D eigenvalue weighted by Gasteiger charge is 2.20. The fraction of sp³-hybridized carbons (Fsp3) is 0.529. The molecule has 1 aliphatic rings. The summed E-state index contributed by atoms with van der Waals surface area (Å²) < 4.78 is 0. The smallest absolute Gasteiger partial charge is 0.0555 e. The lowest BCUT2D eigenvalue weighted by atomic mass is 10.0. The minimum atomic E-state index is 0.419. The molecule has 0 atom stereocenters. The minimum Gasteiger partial charge on any atom is -0.320 e. The van der Waals surface area contributed by atoms with Gasteiger partial charge in [-0.15, -0.1) is 0 Å². The van der Waals surface area contributed by atoms with E-state index in [1.54, 1.807) is 0 Å². The van der Waals surface area contributed by atoms with Gasteiger partial charge in [-0.25, -0.2) is 0 Å². The van der Waals surface area contributed by atoms with E-state index < -0.39 is 0 Å². The van der Waals surface area contributed by atoms with Crippen molar-refractivity contribution >= 4 is 0 Å². The van der Waals surface area contributed by atoms with Crippen molar-refractivity contribution in [3.8, 4) is 11.8 Å². The van der Waals surface area contributed by atoms with Crippen molar-refractivity contribution in [3.63, 3.8) is 0 Å². The number of hydrogen-bond donors (Lipinski definition) is 1. The molecule has 1 aromatic rings. The van der Waals surface area contributed by atoms with Crippen LogP contribution in [0, 0.1) is 11.8 Å². The van der Waals surface area contributed by atoms with Crippen LogP contribution in [0.15, 0.2) is 24.3 Å². The Morgan fingerprint density at radius 1 is 1.25 bits per heavy atom. The highest BCUT2D eigenvalue weighted by Crippen LogP contribution is 2.18. The van der Waals surface area contributed by atoms with E-state index in [2.05, 4.69) is 53.9 Å². The van der Waals surface area contributed by atoms with Gasteiger partial charge in [0.1, 0.15) is 0 Å². The fourth-order valence-corrected chi connectivity index (χ4v) is 2.76. The zero-order valence-corrected chi connectivity index (χ0v) is 12.6. The number of likely N-dealkylation sites (tertiary alicyclic amines) is 1. The van der Waals surface area contributed by atoms with Gasteiger partial charge in [0.25, 0.3) is 0 Å². The first-order chi connectivity index (χ1) is 9.70. The highest BCUT2D eigenvalue weighted by molar-refractivity contribution is 5.41. The van der Waals surface area contributed by atoms with Crippen LogP contribution >= 0.6 is 0 Å². The molecule has 108 valence electrons. The molecule has 3 nitrogen and oxygen atoms in total. The summed E-state index contributed by atoms with van der Waals surface area (Å²) in [6, 6.07) is 9.14. The summed E-state index contributed by atoms with van der Waals surface area (Å²) in [6.07, 6.45) is 2.51. The van der Waals surface area contributed by atoms with Crippen molar-refractivity contribution in [3.05, 3.63) is 35.4 Å². The van der Waals surface area contributed by atoms with Crippen LogP contribution in [0.3, 0.4) is 0 Å². The van der Waals surface area contributed by atoms with Gasteiger partial charge in [-0.1, -0.05) is 30.0 Å². The predicted octanol–water partition coefficient (Wildman–Crippen LogP) is 1.52. The number of piperidine rings is 1. The standard InChI is InChI=1S/C17H25N3/c1-19(2)17-9-12-20(13-10-17)14-16-7-4-3-6-15(16)8-5-11-18/h3-4,6-7,17H,9-14,18H2,1-2H3. The normalized spacial score (nSPS) is 17.0. The number of hydrogen-bond acceptors (Lipinski definition) is 3. The van der Waals surface area contributed by atoms with Crippen molar-refractivity contribution in [2.75, 3.05) is 33.7 Å². The molecular formula is C17H25N3. The Bertz CT molecular complexity index is 476. The van der Waals surface area contributed by atoms with Gasteiger partial charge in [-0.2, -0.15) is 0 Å². The van der Waals surface area contributed by atoms with Gasteiger partial charge in [0.15, 0.2) is 0 Å². The van der Waals surface area contributed by atoms with Gasteiger partial charge in [0.2, 0.25) is 0 Å². The van der Waals surface area contributed by atoms with Crippen LogP contribution in [-0.2, 0) is 6.54 Å². The molecule has 1 fully saturated rings. The van der Waals surface area contributed by atoms with Crippen molar-refractivity contribution in [2.45, 2.75) is 25.4 Å². The summed E-state index contributed by atoms with van der Waals surface area (Å²) in [4.78, 5) is 4.88. The molecule has 1 saturated heterocycles. The molecule has 0 aromatic heterocycles. The van der Waals surface area contributed by atoms with Gasteiger partial charge >= 0.3 is 0 Å². The lowest BCUT2D eigenvalue weighted by molar-refractivity contribution is 0.140. The highest BCUT2D eigenvalue weighted by atomic mass is 15.2. The zero-order chi connectivity index (χ0) is 14.4. The van der Waals surface area contributed by atoms with Crippen LogP contribution in [0.2, 0.25) is 0 Å². The van der Waals surface area contributed by atoms with Crippen molar-refractivity contribution < 1.29 is 0 Å². The first-order valence-corrected chi connectivity index (χ1v) is 7.36. The van der Waals surface area contributed by atoms with Gasteiger partial charge in [0, 0.05) is 18.2 Å². The molecule has 0 spiro atoms. The third kappa shape index (κ3) is 4.08. The Labute approximate surface area is 122 Å². The van der Waals surface area contributed by atoms with E-state index in [-0.39, 0.29) is 0 Å².